The van der Waals surface area contributed by atoms with Crippen molar-refractivity contribution in [2.45, 2.75) is 12.7 Å². The molecule has 3 rings (SSSR count). The molecule has 1 aliphatic rings. The maximum Gasteiger partial charge on any atom is 0.236 e. The van der Waals surface area contributed by atoms with Gasteiger partial charge < -0.3 is 9.64 Å². The lowest BCUT2D eigenvalue weighted by Crippen LogP contribution is -2.36. The molecule has 2 aromatic rings. The van der Waals surface area contributed by atoms with Crippen LogP contribution in [0.2, 0.25) is 0 Å². The first-order valence-corrected chi connectivity index (χ1v) is 9.19. The Morgan fingerprint density at radius 2 is 1.96 bits per heavy atom. The second-order valence-electron chi connectivity index (χ2n) is 5.55. The molecular weight excluding hydrogens is 328 g/mol. The Bertz CT molecular complexity index is 850. The van der Waals surface area contributed by atoms with Crippen molar-refractivity contribution in [1.29, 1.82) is 0 Å². The van der Waals surface area contributed by atoms with E-state index in [0.717, 1.165) is 0 Å². The summed E-state index contributed by atoms with van der Waals surface area (Å²) in [6, 6.07) is 13.9. The summed E-state index contributed by atoms with van der Waals surface area (Å²) in [5.41, 5.74) is 1.77. The molecule has 1 N–H and O–H groups in total. The number of carbonyl (C=O) groups is 1. The van der Waals surface area contributed by atoms with Crippen molar-refractivity contribution in [1.82, 2.24) is 0 Å². The molecule has 0 aliphatic carbocycles. The average Bonchev–Trinajstić information content (AvgIpc) is 2.54. The van der Waals surface area contributed by atoms with Crippen LogP contribution in [0.5, 0.6) is 5.75 Å². The molecule has 0 bridgehead atoms. The smallest absolute Gasteiger partial charge is 0.236 e. The van der Waals surface area contributed by atoms with Gasteiger partial charge in [0.2, 0.25) is 15.9 Å². The van der Waals surface area contributed by atoms with Crippen LogP contribution in [-0.4, -0.2) is 27.5 Å². The Kier molecular flexibility index (Phi) is 4.44. The summed E-state index contributed by atoms with van der Waals surface area (Å²) >= 11 is 0. The normalized spacial score (nSPS) is 13.8. The van der Waals surface area contributed by atoms with Gasteiger partial charge in [0.05, 0.1) is 23.7 Å². The van der Waals surface area contributed by atoms with Crippen LogP contribution in [0.4, 0.5) is 11.4 Å². The minimum Gasteiger partial charge on any atom is -0.489 e. The third kappa shape index (κ3) is 3.68. The Labute approximate surface area is 141 Å². The van der Waals surface area contributed by atoms with Gasteiger partial charge in [0, 0.05) is 13.0 Å². The van der Waals surface area contributed by atoms with Crippen molar-refractivity contribution in [2.24, 2.45) is 0 Å². The van der Waals surface area contributed by atoms with E-state index in [9.17, 15) is 13.2 Å². The molecule has 0 atom stereocenters. The summed E-state index contributed by atoms with van der Waals surface area (Å²) in [6.07, 6.45) is 0. The fourth-order valence-electron chi connectivity index (χ4n) is 2.62. The highest BCUT2D eigenvalue weighted by molar-refractivity contribution is 7.91. The van der Waals surface area contributed by atoms with Crippen molar-refractivity contribution in [2.75, 3.05) is 22.8 Å². The lowest BCUT2D eigenvalue weighted by atomic mass is 10.2. The first-order valence-electron chi connectivity index (χ1n) is 7.54. The van der Waals surface area contributed by atoms with Crippen molar-refractivity contribution < 1.29 is 17.9 Å². The number of hydrogen-bond acceptors (Lipinski definition) is 4. The number of anilines is 2. The highest BCUT2D eigenvalue weighted by atomic mass is 32.2. The maximum absolute atomic E-state index is 12.3. The van der Waals surface area contributed by atoms with E-state index < -0.39 is 10.0 Å². The van der Waals surface area contributed by atoms with Crippen LogP contribution in [0.15, 0.2) is 48.5 Å². The van der Waals surface area contributed by atoms with Gasteiger partial charge in [-0.15, -0.1) is 0 Å². The van der Waals surface area contributed by atoms with E-state index in [4.69, 9.17) is 4.74 Å². The van der Waals surface area contributed by atoms with Gasteiger partial charge in [0.1, 0.15) is 12.4 Å². The molecule has 0 radical (unpaired) electrons. The second-order valence-corrected chi connectivity index (χ2v) is 7.27. The van der Waals surface area contributed by atoms with Gasteiger partial charge in [-0.1, -0.05) is 30.3 Å². The first-order chi connectivity index (χ1) is 11.4. The molecule has 2 aromatic carbocycles. The molecule has 24 heavy (non-hydrogen) atoms. The monoisotopic (exact) mass is 346 g/mol. The fourth-order valence-corrected chi connectivity index (χ4v) is 3.81. The number of benzene rings is 2. The minimum absolute atomic E-state index is 0.0723. The number of sulfonamides is 1. The van der Waals surface area contributed by atoms with E-state index in [0.29, 0.717) is 35.8 Å². The third-order valence-corrected chi connectivity index (χ3v) is 4.94. The number of nitrogens with one attached hydrogen (secondary N) is 1. The van der Waals surface area contributed by atoms with Crippen molar-refractivity contribution >= 4 is 27.3 Å². The molecule has 0 saturated heterocycles. The standard InChI is InChI=1S/C17H18N2O4S/c1-13(20)19-9-10-23-17-11-15(7-8-16(17)19)18-24(21,22)12-14-5-3-2-4-6-14/h2-8,11,18H,9-10,12H2,1H3. The Morgan fingerprint density at radius 3 is 2.67 bits per heavy atom. The fraction of sp³-hybridized carbons (Fsp3) is 0.235. The number of rotatable bonds is 4. The number of ether oxygens (including phenoxy) is 1. The molecule has 0 spiro atoms. The van der Waals surface area contributed by atoms with Crippen LogP contribution in [-0.2, 0) is 20.6 Å². The van der Waals surface area contributed by atoms with Gasteiger partial charge in [-0.2, -0.15) is 0 Å². The van der Waals surface area contributed by atoms with Crippen LogP contribution in [0.1, 0.15) is 12.5 Å². The highest BCUT2D eigenvalue weighted by Crippen LogP contribution is 2.34. The first kappa shape index (κ1) is 16.3. The third-order valence-electron chi connectivity index (χ3n) is 3.68. The van der Waals surface area contributed by atoms with E-state index in [-0.39, 0.29) is 11.7 Å². The van der Waals surface area contributed by atoms with Gasteiger partial charge in [0.15, 0.2) is 0 Å². The largest absolute Gasteiger partial charge is 0.489 e. The Morgan fingerprint density at radius 1 is 1.21 bits per heavy atom. The minimum atomic E-state index is -3.53. The molecule has 0 aromatic heterocycles. The zero-order valence-corrected chi connectivity index (χ0v) is 14.0. The van der Waals surface area contributed by atoms with Crippen molar-refractivity contribution in [3.8, 4) is 5.75 Å². The average molecular weight is 346 g/mol. The molecule has 1 amide bonds. The van der Waals surface area contributed by atoms with Gasteiger partial charge >= 0.3 is 0 Å². The van der Waals surface area contributed by atoms with Crippen LogP contribution < -0.4 is 14.4 Å². The summed E-state index contributed by atoms with van der Waals surface area (Å²) < 4.78 is 32.7. The lowest BCUT2D eigenvalue weighted by Gasteiger charge is -2.29. The van der Waals surface area contributed by atoms with E-state index >= 15 is 0 Å². The van der Waals surface area contributed by atoms with Gasteiger partial charge in [0.25, 0.3) is 0 Å². The van der Waals surface area contributed by atoms with Crippen LogP contribution in [0.3, 0.4) is 0 Å². The maximum atomic E-state index is 12.3. The molecule has 1 aliphatic heterocycles. The number of carbonyl (C=O) groups excluding carboxylic acids is 1. The SMILES string of the molecule is CC(=O)N1CCOc2cc(NS(=O)(=O)Cc3ccccc3)ccc21. The predicted molar refractivity (Wildman–Crippen MR) is 92.7 cm³/mol. The molecule has 0 saturated carbocycles. The van der Waals surface area contributed by atoms with Crippen molar-refractivity contribution in [3.05, 3.63) is 54.1 Å². The van der Waals surface area contributed by atoms with Gasteiger partial charge in [-0.3, -0.25) is 9.52 Å². The molecule has 7 heteroatoms. The summed E-state index contributed by atoms with van der Waals surface area (Å²) in [5, 5.41) is 0. The van der Waals surface area contributed by atoms with Gasteiger partial charge in [-0.05, 0) is 17.7 Å². The molecule has 126 valence electrons. The Hall–Kier alpha value is -2.54. The van der Waals surface area contributed by atoms with Crippen LogP contribution in [0, 0.1) is 0 Å². The molecule has 1 heterocycles. The van der Waals surface area contributed by atoms with E-state index in [1.54, 1.807) is 47.4 Å². The van der Waals surface area contributed by atoms with Crippen LogP contribution >= 0.6 is 0 Å². The number of nitrogens with zero attached hydrogens (tertiary/aromatic N) is 1. The lowest BCUT2D eigenvalue weighted by molar-refractivity contribution is -0.116. The molecule has 0 unspecified atom stereocenters. The summed E-state index contributed by atoms with van der Waals surface area (Å²) in [5.74, 6) is 0.319. The van der Waals surface area contributed by atoms with Gasteiger partial charge in [-0.25, -0.2) is 8.42 Å². The highest BCUT2D eigenvalue weighted by Gasteiger charge is 2.22. The summed E-state index contributed by atoms with van der Waals surface area (Å²) in [4.78, 5) is 13.2. The second kappa shape index (κ2) is 6.52. The zero-order valence-electron chi connectivity index (χ0n) is 13.2. The number of hydrogen-bond donors (Lipinski definition) is 1. The molecule has 0 fully saturated rings. The Balaban J connectivity index is 1.80. The quantitative estimate of drug-likeness (QED) is 0.922. The number of amides is 1. The zero-order chi connectivity index (χ0) is 17.2. The number of fused-ring (bicyclic) bond motifs is 1. The molecular formula is C17H18N2O4S. The molecule has 6 nitrogen and oxygen atoms in total. The summed E-state index contributed by atoms with van der Waals surface area (Å²) in [6.45, 7) is 2.36. The van der Waals surface area contributed by atoms with E-state index in [1.807, 2.05) is 6.07 Å². The predicted octanol–water partition coefficient (Wildman–Crippen LogP) is 2.37. The van der Waals surface area contributed by atoms with E-state index in [2.05, 4.69) is 4.72 Å². The van der Waals surface area contributed by atoms with E-state index in [1.165, 1.54) is 6.92 Å². The topological polar surface area (TPSA) is 75.7 Å². The van der Waals surface area contributed by atoms with Crippen molar-refractivity contribution in [3.63, 3.8) is 0 Å². The van der Waals surface area contributed by atoms with Crippen LogP contribution in [0.25, 0.3) is 0 Å². The summed E-state index contributed by atoms with van der Waals surface area (Å²) in [7, 11) is -3.53.